The lowest BCUT2D eigenvalue weighted by Gasteiger charge is -2.19. The quantitative estimate of drug-likeness (QED) is 0.916. The topological polar surface area (TPSA) is 64.6 Å². The van der Waals surface area contributed by atoms with E-state index in [1.54, 1.807) is 24.3 Å². The molecular formula is C16H17NO4S. The van der Waals surface area contributed by atoms with Gasteiger partial charge < -0.3 is 9.47 Å². The van der Waals surface area contributed by atoms with Gasteiger partial charge in [-0.1, -0.05) is 36.4 Å². The molecule has 2 aromatic rings. The number of benzene rings is 2. The van der Waals surface area contributed by atoms with Crippen LogP contribution in [-0.2, 0) is 22.3 Å². The van der Waals surface area contributed by atoms with Crippen LogP contribution in [0.25, 0.3) is 0 Å². The Kier molecular flexibility index (Phi) is 4.31. The van der Waals surface area contributed by atoms with Gasteiger partial charge in [-0.3, -0.25) is 0 Å². The summed E-state index contributed by atoms with van der Waals surface area (Å²) in [5.74, 6) is 1.33. The first-order valence-corrected chi connectivity index (χ1v) is 8.67. The van der Waals surface area contributed by atoms with Gasteiger partial charge in [-0.25, -0.2) is 13.1 Å². The predicted molar refractivity (Wildman–Crippen MR) is 83.3 cm³/mol. The molecular weight excluding hydrogens is 302 g/mol. The van der Waals surface area contributed by atoms with Gasteiger partial charge in [-0.2, -0.15) is 0 Å². The first-order chi connectivity index (χ1) is 10.6. The van der Waals surface area contributed by atoms with E-state index >= 15 is 0 Å². The van der Waals surface area contributed by atoms with Crippen LogP contribution in [0, 0.1) is 0 Å². The van der Waals surface area contributed by atoms with Crippen molar-refractivity contribution in [3.05, 3.63) is 59.7 Å². The molecule has 1 aliphatic rings. The molecule has 0 saturated heterocycles. The Morgan fingerprint density at radius 3 is 2.41 bits per heavy atom. The minimum atomic E-state index is -3.38. The zero-order valence-electron chi connectivity index (χ0n) is 12.0. The fourth-order valence-electron chi connectivity index (χ4n) is 2.24. The van der Waals surface area contributed by atoms with Crippen LogP contribution < -0.4 is 14.2 Å². The van der Waals surface area contributed by atoms with Crippen LogP contribution >= 0.6 is 0 Å². The molecule has 0 radical (unpaired) electrons. The fourth-order valence-corrected chi connectivity index (χ4v) is 3.36. The lowest BCUT2D eigenvalue weighted by atomic mass is 10.2. The molecule has 0 unspecified atom stereocenters. The van der Waals surface area contributed by atoms with Gasteiger partial charge in [0.15, 0.2) is 11.5 Å². The van der Waals surface area contributed by atoms with E-state index in [0.717, 1.165) is 11.1 Å². The van der Waals surface area contributed by atoms with Gasteiger partial charge >= 0.3 is 0 Å². The fraction of sp³-hybridized carbons (Fsp3) is 0.250. The molecule has 1 heterocycles. The van der Waals surface area contributed by atoms with Crippen molar-refractivity contribution in [3.8, 4) is 11.5 Å². The molecule has 0 spiro atoms. The van der Waals surface area contributed by atoms with Crippen molar-refractivity contribution >= 4 is 10.0 Å². The van der Waals surface area contributed by atoms with E-state index in [1.165, 1.54) is 0 Å². The molecule has 2 aromatic carbocycles. The second kappa shape index (κ2) is 6.37. The average Bonchev–Trinajstić information content (AvgIpc) is 2.53. The molecule has 1 aliphatic heterocycles. The van der Waals surface area contributed by atoms with Crippen molar-refractivity contribution in [2.75, 3.05) is 13.2 Å². The molecule has 0 saturated carbocycles. The molecule has 0 fully saturated rings. The number of fused-ring (bicyclic) bond motifs is 1. The molecule has 0 amide bonds. The van der Waals surface area contributed by atoms with Crippen molar-refractivity contribution in [3.63, 3.8) is 0 Å². The monoisotopic (exact) mass is 319 g/mol. The Bertz CT molecular complexity index is 744. The lowest BCUT2D eigenvalue weighted by Crippen LogP contribution is -2.25. The minimum absolute atomic E-state index is 0.0294. The number of rotatable bonds is 5. The highest BCUT2D eigenvalue weighted by Gasteiger charge is 2.14. The van der Waals surface area contributed by atoms with E-state index in [4.69, 9.17) is 9.47 Å². The third kappa shape index (κ3) is 3.78. The summed E-state index contributed by atoms with van der Waals surface area (Å²) in [5, 5.41) is 0. The number of sulfonamides is 1. The van der Waals surface area contributed by atoms with Gasteiger partial charge in [0.1, 0.15) is 13.2 Å². The van der Waals surface area contributed by atoms with Gasteiger partial charge in [0.05, 0.1) is 5.75 Å². The van der Waals surface area contributed by atoms with Gasteiger partial charge in [0.25, 0.3) is 0 Å². The molecule has 6 heteroatoms. The number of hydrogen-bond acceptors (Lipinski definition) is 4. The smallest absolute Gasteiger partial charge is 0.216 e. The van der Waals surface area contributed by atoms with Crippen LogP contribution in [0.15, 0.2) is 48.5 Å². The largest absolute Gasteiger partial charge is 0.486 e. The number of ether oxygens (including phenoxy) is 2. The average molecular weight is 319 g/mol. The lowest BCUT2D eigenvalue weighted by molar-refractivity contribution is 0.171. The SMILES string of the molecule is O=S(=O)(Cc1ccccc1)NCc1ccc2c(c1)OCCO2. The summed E-state index contributed by atoms with van der Waals surface area (Å²) in [7, 11) is -3.38. The van der Waals surface area contributed by atoms with Crippen molar-refractivity contribution in [1.82, 2.24) is 4.72 Å². The van der Waals surface area contributed by atoms with Crippen LogP contribution in [-0.4, -0.2) is 21.6 Å². The maximum atomic E-state index is 12.1. The summed E-state index contributed by atoms with van der Waals surface area (Å²) >= 11 is 0. The highest BCUT2D eigenvalue weighted by molar-refractivity contribution is 7.88. The van der Waals surface area contributed by atoms with E-state index < -0.39 is 10.0 Å². The Morgan fingerprint density at radius 2 is 1.64 bits per heavy atom. The summed E-state index contributed by atoms with van der Waals surface area (Å²) in [6.45, 7) is 1.28. The summed E-state index contributed by atoms with van der Waals surface area (Å²) in [4.78, 5) is 0. The normalized spacial score (nSPS) is 13.8. The molecule has 22 heavy (non-hydrogen) atoms. The van der Waals surface area contributed by atoms with Crippen LogP contribution in [0.3, 0.4) is 0 Å². The summed E-state index contributed by atoms with van der Waals surface area (Å²) in [6.07, 6.45) is 0. The Morgan fingerprint density at radius 1 is 0.909 bits per heavy atom. The molecule has 0 aromatic heterocycles. The highest BCUT2D eigenvalue weighted by Crippen LogP contribution is 2.30. The zero-order valence-corrected chi connectivity index (χ0v) is 12.8. The molecule has 0 aliphatic carbocycles. The third-order valence-corrected chi connectivity index (χ3v) is 4.60. The summed E-state index contributed by atoms with van der Waals surface area (Å²) in [5.41, 5.74) is 1.60. The molecule has 5 nitrogen and oxygen atoms in total. The van der Waals surface area contributed by atoms with E-state index in [-0.39, 0.29) is 12.3 Å². The Hall–Kier alpha value is -2.05. The second-order valence-corrected chi connectivity index (χ2v) is 6.85. The van der Waals surface area contributed by atoms with Crippen molar-refractivity contribution in [1.29, 1.82) is 0 Å². The predicted octanol–water partition coefficient (Wildman–Crippen LogP) is 2.08. The second-order valence-electron chi connectivity index (χ2n) is 5.04. The molecule has 0 bridgehead atoms. The Labute approximate surface area is 129 Å². The van der Waals surface area contributed by atoms with E-state index in [1.807, 2.05) is 24.3 Å². The Balaban J connectivity index is 1.64. The van der Waals surface area contributed by atoms with Crippen LogP contribution in [0.5, 0.6) is 11.5 Å². The highest BCUT2D eigenvalue weighted by atomic mass is 32.2. The van der Waals surface area contributed by atoms with E-state index in [2.05, 4.69) is 4.72 Å². The summed E-state index contributed by atoms with van der Waals surface area (Å²) < 4.78 is 37.7. The van der Waals surface area contributed by atoms with Gasteiger partial charge in [-0.05, 0) is 23.3 Å². The molecule has 3 rings (SSSR count). The van der Waals surface area contributed by atoms with Crippen LogP contribution in [0.2, 0.25) is 0 Å². The maximum Gasteiger partial charge on any atom is 0.216 e. The van der Waals surface area contributed by atoms with E-state index in [9.17, 15) is 8.42 Å². The molecule has 0 atom stereocenters. The van der Waals surface area contributed by atoms with Gasteiger partial charge in [0.2, 0.25) is 10.0 Å². The molecule has 1 N–H and O–H groups in total. The van der Waals surface area contributed by atoms with Crippen molar-refractivity contribution in [2.45, 2.75) is 12.3 Å². The number of hydrogen-bond donors (Lipinski definition) is 1. The summed E-state index contributed by atoms with van der Waals surface area (Å²) in [6, 6.07) is 14.5. The first-order valence-electron chi connectivity index (χ1n) is 7.02. The number of nitrogens with one attached hydrogen (secondary N) is 1. The van der Waals surface area contributed by atoms with Gasteiger partial charge in [0, 0.05) is 6.54 Å². The standard InChI is InChI=1S/C16H17NO4S/c18-22(19,12-13-4-2-1-3-5-13)17-11-14-6-7-15-16(10-14)21-9-8-20-15/h1-7,10,17H,8-9,11-12H2. The molecule has 116 valence electrons. The van der Waals surface area contributed by atoms with Gasteiger partial charge in [-0.15, -0.1) is 0 Å². The van der Waals surface area contributed by atoms with Crippen molar-refractivity contribution in [2.24, 2.45) is 0 Å². The first kappa shape index (κ1) is 14.9. The maximum absolute atomic E-state index is 12.1. The van der Waals surface area contributed by atoms with Crippen LogP contribution in [0.1, 0.15) is 11.1 Å². The van der Waals surface area contributed by atoms with Crippen LogP contribution in [0.4, 0.5) is 0 Å². The van der Waals surface area contributed by atoms with E-state index in [0.29, 0.717) is 24.7 Å². The van der Waals surface area contributed by atoms with Crippen molar-refractivity contribution < 1.29 is 17.9 Å². The minimum Gasteiger partial charge on any atom is -0.486 e. The third-order valence-electron chi connectivity index (χ3n) is 3.30. The zero-order chi connectivity index (χ0) is 15.4.